The van der Waals surface area contributed by atoms with Gasteiger partial charge in [0, 0.05) is 32.2 Å². The van der Waals surface area contributed by atoms with E-state index in [0.717, 1.165) is 11.1 Å². The number of amides is 3. The number of carbonyl (C=O) groups excluding carboxylic acids is 2. The van der Waals surface area contributed by atoms with Crippen molar-refractivity contribution in [2.75, 3.05) is 7.05 Å². The average Bonchev–Trinajstić information content (AvgIpc) is 3.01. The van der Waals surface area contributed by atoms with Crippen molar-refractivity contribution in [3.8, 4) is 0 Å². The molecule has 1 aromatic heterocycles. The number of nitrogens with one attached hydrogen (secondary N) is 2. The van der Waals surface area contributed by atoms with Crippen LogP contribution in [0.5, 0.6) is 0 Å². The van der Waals surface area contributed by atoms with Crippen LogP contribution in [-0.4, -0.2) is 39.5 Å². The van der Waals surface area contributed by atoms with Gasteiger partial charge in [-0.1, -0.05) is 12.1 Å². The fourth-order valence-corrected chi connectivity index (χ4v) is 3.08. The molecule has 0 saturated heterocycles. The van der Waals surface area contributed by atoms with Gasteiger partial charge in [0.15, 0.2) is 0 Å². The summed E-state index contributed by atoms with van der Waals surface area (Å²) in [6.07, 6.45) is 0. The van der Waals surface area contributed by atoms with Crippen molar-refractivity contribution < 1.29 is 14.0 Å². The summed E-state index contributed by atoms with van der Waals surface area (Å²) in [4.78, 5) is 30.8. The van der Waals surface area contributed by atoms with Crippen molar-refractivity contribution in [3.63, 3.8) is 0 Å². The molecule has 3 rings (SSSR count). The summed E-state index contributed by atoms with van der Waals surface area (Å²) in [6, 6.07) is 11.2. The number of urea groups is 1. The molecule has 3 amide bonds. The lowest BCUT2D eigenvalue weighted by atomic mass is 10.2. The molecule has 158 valence electrons. The summed E-state index contributed by atoms with van der Waals surface area (Å²) in [5, 5.41) is 5.68. The molecule has 2 aromatic carbocycles. The number of nitrogens with zero attached hydrogens (tertiary/aromatic N) is 3. The van der Waals surface area contributed by atoms with E-state index in [2.05, 4.69) is 15.6 Å². The van der Waals surface area contributed by atoms with E-state index in [1.807, 2.05) is 31.5 Å². The molecular formula is C22H26FN5O2. The number of hydrogen-bond acceptors (Lipinski definition) is 3. The molecule has 8 heteroatoms. The molecule has 0 radical (unpaired) electrons. The van der Waals surface area contributed by atoms with Crippen molar-refractivity contribution in [2.24, 2.45) is 7.05 Å². The third-order valence-electron chi connectivity index (χ3n) is 4.74. The molecule has 3 aromatic rings. The Hall–Kier alpha value is -3.42. The molecule has 0 spiro atoms. The van der Waals surface area contributed by atoms with E-state index in [9.17, 15) is 14.0 Å². The Labute approximate surface area is 174 Å². The number of halogens is 1. The normalized spacial score (nSPS) is 11.0. The highest BCUT2D eigenvalue weighted by Gasteiger charge is 2.16. The van der Waals surface area contributed by atoms with Gasteiger partial charge in [0.25, 0.3) is 5.91 Å². The predicted molar refractivity (Wildman–Crippen MR) is 113 cm³/mol. The second-order valence-corrected chi connectivity index (χ2v) is 7.56. The Morgan fingerprint density at radius 3 is 2.53 bits per heavy atom. The van der Waals surface area contributed by atoms with E-state index in [4.69, 9.17) is 0 Å². The summed E-state index contributed by atoms with van der Waals surface area (Å²) < 4.78 is 14.9. The SMILES string of the molecule is CC(C)NC(=O)c1ccc2c(c1)nc(CN(C)C(=O)NCc1ccc(F)cc1)n2C. The Bertz CT molecular complexity index is 1060. The van der Waals surface area contributed by atoms with E-state index in [-0.39, 0.29) is 23.8 Å². The van der Waals surface area contributed by atoms with Gasteiger partial charge in [-0.2, -0.15) is 0 Å². The summed E-state index contributed by atoms with van der Waals surface area (Å²) in [5.74, 6) is 0.246. The Morgan fingerprint density at radius 2 is 1.87 bits per heavy atom. The van der Waals surface area contributed by atoms with Gasteiger partial charge < -0.3 is 20.1 Å². The summed E-state index contributed by atoms with van der Waals surface area (Å²) in [5.41, 5.74) is 2.94. The molecule has 0 aliphatic heterocycles. The van der Waals surface area contributed by atoms with Crippen molar-refractivity contribution in [1.29, 1.82) is 0 Å². The molecule has 1 heterocycles. The minimum Gasteiger partial charge on any atom is -0.350 e. The molecule has 0 bridgehead atoms. The molecule has 30 heavy (non-hydrogen) atoms. The maximum absolute atomic E-state index is 13.0. The van der Waals surface area contributed by atoms with Crippen molar-refractivity contribution in [2.45, 2.75) is 33.0 Å². The van der Waals surface area contributed by atoms with Gasteiger partial charge in [0.2, 0.25) is 0 Å². The van der Waals surface area contributed by atoms with Gasteiger partial charge in [-0.3, -0.25) is 4.79 Å². The molecule has 0 aliphatic carbocycles. The van der Waals surface area contributed by atoms with E-state index in [1.165, 1.54) is 17.0 Å². The number of carbonyl (C=O) groups is 2. The van der Waals surface area contributed by atoms with Crippen LogP contribution in [0.15, 0.2) is 42.5 Å². The lowest BCUT2D eigenvalue weighted by Crippen LogP contribution is -2.36. The lowest BCUT2D eigenvalue weighted by Gasteiger charge is -2.17. The number of benzene rings is 2. The summed E-state index contributed by atoms with van der Waals surface area (Å²) in [7, 11) is 3.56. The van der Waals surface area contributed by atoms with Crippen molar-refractivity contribution >= 4 is 23.0 Å². The van der Waals surface area contributed by atoms with Crippen LogP contribution in [0, 0.1) is 5.82 Å². The zero-order chi connectivity index (χ0) is 21.8. The third kappa shape index (κ3) is 4.94. The number of hydrogen-bond donors (Lipinski definition) is 2. The fraction of sp³-hybridized carbons (Fsp3) is 0.318. The van der Waals surface area contributed by atoms with Crippen LogP contribution in [0.25, 0.3) is 11.0 Å². The first-order valence-electron chi connectivity index (χ1n) is 9.74. The second-order valence-electron chi connectivity index (χ2n) is 7.56. The number of imidazole rings is 1. The second kappa shape index (κ2) is 8.94. The minimum atomic E-state index is -0.311. The van der Waals surface area contributed by atoms with Gasteiger partial charge in [0.05, 0.1) is 17.6 Å². The standard InChI is InChI=1S/C22H26FN5O2/c1-14(2)25-21(29)16-7-10-19-18(11-16)26-20(28(19)4)13-27(3)22(30)24-12-15-5-8-17(23)9-6-15/h5-11,14H,12-13H2,1-4H3,(H,24,30)(H,25,29). The topological polar surface area (TPSA) is 79.3 Å². The zero-order valence-electron chi connectivity index (χ0n) is 17.6. The van der Waals surface area contributed by atoms with Crippen LogP contribution < -0.4 is 10.6 Å². The smallest absolute Gasteiger partial charge is 0.317 e. The molecule has 2 N–H and O–H groups in total. The molecule has 0 saturated carbocycles. The maximum Gasteiger partial charge on any atom is 0.317 e. The lowest BCUT2D eigenvalue weighted by molar-refractivity contribution is 0.0943. The average molecular weight is 411 g/mol. The summed E-state index contributed by atoms with van der Waals surface area (Å²) >= 11 is 0. The van der Waals surface area contributed by atoms with Crippen LogP contribution in [0.2, 0.25) is 0 Å². The van der Waals surface area contributed by atoms with Crippen LogP contribution in [-0.2, 0) is 20.1 Å². The first-order valence-corrected chi connectivity index (χ1v) is 9.74. The van der Waals surface area contributed by atoms with Gasteiger partial charge in [-0.25, -0.2) is 14.2 Å². The molecule has 0 fully saturated rings. The maximum atomic E-state index is 13.0. The Morgan fingerprint density at radius 1 is 1.17 bits per heavy atom. The minimum absolute atomic E-state index is 0.0505. The van der Waals surface area contributed by atoms with Crippen molar-refractivity contribution in [1.82, 2.24) is 25.1 Å². The highest BCUT2D eigenvalue weighted by atomic mass is 19.1. The largest absolute Gasteiger partial charge is 0.350 e. The Kier molecular flexibility index (Phi) is 6.34. The quantitative estimate of drug-likeness (QED) is 0.654. The molecule has 0 aliphatic rings. The van der Waals surface area contributed by atoms with E-state index in [0.29, 0.717) is 30.0 Å². The van der Waals surface area contributed by atoms with Gasteiger partial charge in [-0.05, 0) is 49.7 Å². The first kappa shape index (κ1) is 21.3. The van der Waals surface area contributed by atoms with Gasteiger partial charge in [-0.15, -0.1) is 0 Å². The fourth-order valence-electron chi connectivity index (χ4n) is 3.08. The number of fused-ring (bicyclic) bond motifs is 1. The van der Waals surface area contributed by atoms with Crippen LogP contribution in [0.3, 0.4) is 0 Å². The van der Waals surface area contributed by atoms with Crippen LogP contribution >= 0.6 is 0 Å². The highest BCUT2D eigenvalue weighted by Crippen LogP contribution is 2.18. The van der Waals surface area contributed by atoms with Gasteiger partial charge in [0.1, 0.15) is 11.6 Å². The zero-order valence-corrected chi connectivity index (χ0v) is 17.6. The van der Waals surface area contributed by atoms with Crippen LogP contribution in [0.4, 0.5) is 9.18 Å². The molecule has 7 nitrogen and oxygen atoms in total. The summed E-state index contributed by atoms with van der Waals surface area (Å²) in [6.45, 7) is 4.42. The first-order chi connectivity index (χ1) is 14.2. The van der Waals surface area contributed by atoms with Crippen molar-refractivity contribution in [3.05, 3.63) is 65.2 Å². The van der Waals surface area contributed by atoms with E-state index in [1.54, 1.807) is 31.3 Å². The number of aromatic nitrogens is 2. The monoisotopic (exact) mass is 411 g/mol. The molecular weight excluding hydrogens is 385 g/mol. The molecule has 0 atom stereocenters. The highest BCUT2D eigenvalue weighted by molar-refractivity contribution is 5.97. The van der Waals surface area contributed by atoms with Gasteiger partial charge >= 0.3 is 6.03 Å². The molecule has 0 unspecified atom stereocenters. The Balaban J connectivity index is 1.68. The number of aryl methyl sites for hydroxylation is 1. The third-order valence-corrected chi connectivity index (χ3v) is 4.74. The van der Waals surface area contributed by atoms with E-state index >= 15 is 0 Å². The number of rotatable bonds is 6. The van der Waals surface area contributed by atoms with Crippen LogP contribution in [0.1, 0.15) is 35.6 Å². The van der Waals surface area contributed by atoms with E-state index < -0.39 is 0 Å². The predicted octanol–water partition coefficient (Wildman–Crippen LogP) is 3.19.